The molecule has 0 radical (unpaired) electrons. The summed E-state index contributed by atoms with van der Waals surface area (Å²) in [6.07, 6.45) is 0. The van der Waals surface area contributed by atoms with Crippen molar-refractivity contribution in [2.24, 2.45) is 0 Å². The van der Waals surface area contributed by atoms with E-state index in [9.17, 15) is 4.79 Å². The molecule has 0 aliphatic carbocycles. The first-order valence-electron chi connectivity index (χ1n) is 10.6. The van der Waals surface area contributed by atoms with E-state index in [1.54, 1.807) is 11.8 Å². The second-order valence-electron chi connectivity index (χ2n) is 7.95. The smallest absolute Gasteiger partial charge is 0.270 e. The van der Waals surface area contributed by atoms with Crippen molar-refractivity contribution in [3.05, 3.63) is 101 Å². The number of ether oxygens (including phenoxy) is 1. The van der Waals surface area contributed by atoms with E-state index in [0.717, 1.165) is 39.4 Å². The molecule has 1 heterocycles. The van der Waals surface area contributed by atoms with Gasteiger partial charge in [-0.05, 0) is 73.9 Å². The Hall–Kier alpha value is -3.86. The molecule has 1 N–H and O–H groups in total. The molecule has 1 amide bonds. The van der Waals surface area contributed by atoms with Gasteiger partial charge < -0.3 is 10.1 Å². The summed E-state index contributed by atoms with van der Waals surface area (Å²) in [7, 11) is 1.64. The predicted octanol–water partition coefficient (Wildman–Crippen LogP) is 5.66. The van der Waals surface area contributed by atoms with Crippen molar-refractivity contribution < 1.29 is 9.53 Å². The first kappa shape index (κ1) is 21.4. The van der Waals surface area contributed by atoms with Crippen LogP contribution in [0.15, 0.2) is 78.9 Å². The molecule has 1 aromatic heterocycles. The highest BCUT2D eigenvalue weighted by atomic mass is 16.5. The van der Waals surface area contributed by atoms with Crippen molar-refractivity contribution >= 4 is 5.91 Å². The highest BCUT2D eigenvalue weighted by Crippen LogP contribution is 2.26. The van der Waals surface area contributed by atoms with Crippen LogP contribution in [0.3, 0.4) is 0 Å². The predicted molar refractivity (Wildman–Crippen MR) is 127 cm³/mol. The third kappa shape index (κ3) is 4.42. The second kappa shape index (κ2) is 9.10. The summed E-state index contributed by atoms with van der Waals surface area (Å²) < 4.78 is 7.01. The fourth-order valence-corrected chi connectivity index (χ4v) is 3.67. The molecule has 4 aromatic rings. The van der Waals surface area contributed by atoms with Gasteiger partial charge in [0.25, 0.3) is 5.91 Å². The number of nitrogens with zero attached hydrogens (tertiary/aromatic N) is 2. The maximum Gasteiger partial charge on any atom is 0.270 e. The van der Waals surface area contributed by atoms with E-state index in [4.69, 9.17) is 9.84 Å². The zero-order valence-corrected chi connectivity index (χ0v) is 18.8. The Labute approximate surface area is 188 Å². The molecule has 0 saturated carbocycles. The summed E-state index contributed by atoms with van der Waals surface area (Å²) in [4.78, 5) is 13.4. The van der Waals surface area contributed by atoms with Crippen LogP contribution < -0.4 is 10.1 Å². The van der Waals surface area contributed by atoms with Gasteiger partial charge in [-0.25, -0.2) is 4.68 Å². The van der Waals surface area contributed by atoms with Crippen LogP contribution in [0.1, 0.15) is 40.1 Å². The van der Waals surface area contributed by atoms with Crippen LogP contribution in [-0.2, 0) is 0 Å². The fourth-order valence-electron chi connectivity index (χ4n) is 3.67. The van der Waals surface area contributed by atoms with Crippen LogP contribution >= 0.6 is 0 Å². The van der Waals surface area contributed by atoms with Crippen LogP contribution in [0.2, 0.25) is 0 Å². The number of hydrogen-bond donors (Lipinski definition) is 1. The van der Waals surface area contributed by atoms with Crippen LogP contribution in [0, 0.1) is 13.8 Å². The van der Waals surface area contributed by atoms with E-state index in [2.05, 4.69) is 17.4 Å². The quantitative estimate of drug-likeness (QED) is 0.434. The molecule has 0 aliphatic rings. The number of methoxy groups -OCH3 is 1. The molecular weight excluding hydrogens is 398 g/mol. The Kier molecular flexibility index (Phi) is 6.08. The topological polar surface area (TPSA) is 56.1 Å². The van der Waals surface area contributed by atoms with Gasteiger partial charge in [0.2, 0.25) is 0 Å². The normalized spacial score (nSPS) is 11.8. The molecule has 0 aliphatic heterocycles. The van der Waals surface area contributed by atoms with Gasteiger partial charge in [-0.3, -0.25) is 4.79 Å². The van der Waals surface area contributed by atoms with E-state index in [1.165, 1.54) is 0 Å². The number of amides is 1. The molecule has 32 heavy (non-hydrogen) atoms. The maximum atomic E-state index is 13.4. The molecule has 5 nitrogen and oxygen atoms in total. The standard InChI is InChI=1S/C27H27N3O2/c1-18-10-11-19(2)25(16-18)30-26(27(31)28-20(3)21-8-6-5-7-9-21)17-24(29-30)22-12-14-23(32-4)15-13-22/h5-17,20H,1-4H3,(H,28,31). The van der Waals surface area contributed by atoms with E-state index >= 15 is 0 Å². The number of carbonyl (C=O) groups is 1. The van der Waals surface area contributed by atoms with Gasteiger partial charge in [0.15, 0.2) is 0 Å². The maximum absolute atomic E-state index is 13.4. The molecule has 5 heteroatoms. The first-order valence-corrected chi connectivity index (χ1v) is 10.6. The molecule has 0 spiro atoms. The summed E-state index contributed by atoms with van der Waals surface area (Å²) >= 11 is 0. The lowest BCUT2D eigenvalue weighted by molar-refractivity contribution is 0.0932. The number of benzene rings is 3. The van der Waals surface area contributed by atoms with Crippen LogP contribution in [0.25, 0.3) is 16.9 Å². The number of rotatable bonds is 6. The Bertz CT molecular complexity index is 1230. The molecule has 1 atom stereocenters. The Balaban J connectivity index is 1.76. The van der Waals surface area contributed by atoms with E-state index in [-0.39, 0.29) is 11.9 Å². The van der Waals surface area contributed by atoms with Crippen LogP contribution in [0.4, 0.5) is 0 Å². The third-order valence-electron chi connectivity index (χ3n) is 5.57. The Morgan fingerprint density at radius 2 is 1.69 bits per heavy atom. The number of carbonyl (C=O) groups excluding carboxylic acids is 1. The second-order valence-corrected chi connectivity index (χ2v) is 7.95. The monoisotopic (exact) mass is 425 g/mol. The summed E-state index contributed by atoms with van der Waals surface area (Å²) in [5, 5.41) is 7.94. The summed E-state index contributed by atoms with van der Waals surface area (Å²) in [6.45, 7) is 6.04. The average Bonchev–Trinajstić information content (AvgIpc) is 3.26. The number of hydrogen-bond acceptors (Lipinski definition) is 3. The highest BCUT2D eigenvalue weighted by Gasteiger charge is 2.20. The van der Waals surface area contributed by atoms with E-state index < -0.39 is 0 Å². The van der Waals surface area contributed by atoms with E-state index in [1.807, 2.05) is 87.5 Å². The van der Waals surface area contributed by atoms with Crippen LogP contribution in [-0.4, -0.2) is 22.8 Å². The lowest BCUT2D eigenvalue weighted by atomic mass is 10.1. The molecule has 0 saturated heterocycles. The van der Waals surface area contributed by atoms with Gasteiger partial charge in [0.05, 0.1) is 24.5 Å². The molecule has 1 unspecified atom stereocenters. The highest BCUT2D eigenvalue weighted by molar-refractivity contribution is 5.94. The first-order chi connectivity index (χ1) is 15.5. The minimum Gasteiger partial charge on any atom is -0.497 e. The van der Waals surface area contributed by atoms with Crippen molar-refractivity contribution in [1.29, 1.82) is 0 Å². The SMILES string of the molecule is COc1ccc(-c2cc(C(=O)NC(C)c3ccccc3)n(-c3cc(C)ccc3C)n2)cc1. The minimum absolute atomic E-state index is 0.130. The lowest BCUT2D eigenvalue weighted by Crippen LogP contribution is -2.28. The molecule has 0 fully saturated rings. The lowest BCUT2D eigenvalue weighted by Gasteiger charge is -2.16. The number of nitrogens with one attached hydrogen (secondary N) is 1. The molecule has 4 rings (SSSR count). The Morgan fingerprint density at radius 3 is 2.38 bits per heavy atom. The largest absolute Gasteiger partial charge is 0.497 e. The van der Waals surface area contributed by atoms with Crippen molar-refractivity contribution in [3.63, 3.8) is 0 Å². The number of aryl methyl sites for hydroxylation is 2. The van der Waals surface area contributed by atoms with Gasteiger partial charge in [0, 0.05) is 5.56 Å². The fraction of sp³-hybridized carbons (Fsp3) is 0.185. The van der Waals surface area contributed by atoms with E-state index in [0.29, 0.717) is 5.69 Å². The zero-order valence-electron chi connectivity index (χ0n) is 18.8. The van der Waals surface area contributed by atoms with Gasteiger partial charge in [-0.15, -0.1) is 0 Å². The van der Waals surface area contributed by atoms with Gasteiger partial charge in [0.1, 0.15) is 11.4 Å². The van der Waals surface area contributed by atoms with Gasteiger partial charge >= 0.3 is 0 Å². The average molecular weight is 426 g/mol. The summed E-state index contributed by atoms with van der Waals surface area (Å²) in [5.41, 5.74) is 6.23. The summed E-state index contributed by atoms with van der Waals surface area (Å²) in [5.74, 6) is 0.604. The molecule has 3 aromatic carbocycles. The van der Waals surface area contributed by atoms with Gasteiger partial charge in [-0.2, -0.15) is 5.10 Å². The van der Waals surface area contributed by atoms with Crippen molar-refractivity contribution in [1.82, 2.24) is 15.1 Å². The molecule has 162 valence electrons. The van der Waals surface area contributed by atoms with Crippen molar-refractivity contribution in [3.8, 4) is 22.7 Å². The van der Waals surface area contributed by atoms with Crippen LogP contribution in [0.5, 0.6) is 5.75 Å². The molecule has 0 bridgehead atoms. The molecular formula is C27H27N3O2. The van der Waals surface area contributed by atoms with Crippen molar-refractivity contribution in [2.75, 3.05) is 7.11 Å². The third-order valence-corrected chi connectivity index (χ3v) is 5.57. The summed E-state index contributed by atoms with van der Waals surface area (Å²) in [6, 6.07) is 25.5. The van der Waals surface area contributed by atoms with Crippen molar-refractivity contribution in [2.45, 2.75) is 26.8 Å². The Morgan fingerprint density at radius 1 is 0.969 bits per heavy atom. The van der Waals surface area contributed by atoms with Gasteiger partial charge in [-0.1, -0.05) is 42.5 Å². The minimum atomic E-state index is -0.172. The zero-order chi connectivity index (χ0) is 22.7. The number of aromatic nitrogens is 2.